The van der Waals surface area contributed by atoms with Gasteiger partial charge in [0.1, 0.15) is 0 Å². The molecule has 1 aromatic carbocycles. The molecular formula is C16H22F3N. The van der Waals surface area contributed by atoms with Crippen molar-refractivity contribution in [3.8, 4) is 0 Å². The third-order valence-corrected chi connectivity index (χ3v) is 4.32. The van der Waals surface area contributed by atoms with Gasteiger partial charge < -0.3 is 5.73 Å². The molecule has 4 heteroatoms. The average molecular weight is 285 g/mol. The summed E-state index contributed by atoms with van der Waals surface area (Å²) < 4.78 is 38.7. The highest BCUT2D eigenvalue weighted by atomic mass is 19.4. The topological polar surface area (TPSA) is 26.0 Å². The molecule has 1 nitrogen and oxygen atoms in total. The molecule has 20 heavy (non-hydrogen) atoms. The molecule has 2 N–H and O–H groups in total. The molecule has 0 aliphatic heterocycles. The van der Waals surface area contributed by atoms with Gasteiger partial charge in [0.05, 0.1) is 5.92 Å². The Kier molecular flexibility index (Phi) is 4.43. The van der Waals surface area contributed by atoms with Gasteiger partial charge in [-0.15, -0.1) is 0 Å². The fourth-order valence-corrected chi connectivity index (χ4v) is 3.14. The van der Waals surface area contributed by atoms with Gasteiger partial charge >= 0.3 is 6.18 Å². The number of halogens is 3. The predicted molar refractivity (Wildman–Crippen MR) is 74.3 cm³/mol. The maximum atomic E-state index is 12.9. The lowest BCUT2D eigenvalue weighted by molar-refractivity contribution is -0.187. The van der Waals surface area contributed by atoms with Crippen molar-refractivity contribution in [1.29, 1.82) is 0 Å². The minimum Gasteiger partial charge on any atom is -0.321 e. The van der Waals surface area contributed by atoms with Gasteiger partial charge in [-0.3, -0.25) is 0 Å². The van der Waals surface area contributed by atoms with Crippen LogP contribution in [0, 0.1) is 5.92 Å². The number of aryl methyl sites for hydroxylation is 1. The lowest BCUT2D eigenvalue weighted by atomic mass is 9.72. The second-order valence-electron chi connectivity index (χ2n) is 5.94. The highest BCUT2D eigenvalue weighted by Gasteiger charge is 2.46. The molecule has 0 saturated heterocycles. The predicted octanol–water partition coefficient (Wildman–Crippen LogP) is 4.55. The number of hydrogen-bond donors (Lipinski definition) is 1. The minimum absolute atomic E-state index is 0.00360. The summed E-state index contributed by atoms with van der Waals surface area (Å²) in [7, 11) is 0. The lowest BCUT2D eigenvalue weighted by Crippen LogP contribution is -2.44. The van der Waals surface area contributed by atoms with Crippen LogP contribution < -0.4 is 5.73 Å². The van der Waals surface area contributed by atoms with Crippen LogP contribution in [0.2, 0.25) is 0 Å². The number of hydrogen-bond acceptors (Lipinski definition) is 1. The van der Waals surface area contributed by atoms with Gasteiger partial charge in [0.2, 0.25) is 0 Å². The molecule has 2 unspecified atom stereocenters. The van der Waals surface area contributed by atoms with E-state index in [4.69, 9.17) is 5.73 Å². The standard InChI is InChI=1S/C16H22F3N/c1-2-4-12-6-8-13(9-7-12)15(20)10-3-5-14(11-15)16(17,18)19/h6-9,14H,2-5,10-11,20H2,1H3. The number of alkyl halides is 3. The van der Waals surface area contributed by atoms with Crippen molar-refractivity contribution in [2.24, 2.45) is 11.7 Å². The Bertz CT molecular complexity index is 438. The van der Waals surface area contributed by atoms with Crippen LogP contribution >= 0.6 is 0 Å². The second-order valence-corrected chi connectivity index (χ2v) is 5.94. The zero-order chi connectivity index (χ0) is 14.8. The van der Waals surface area contributed by atoms with Gasteiger partial charge in [0.25, 0.3) is 0 Å². The van der Waals surface area contributed by atoms with Gasteiger partial charge in [-0.25, -0.2) is 0 Å². The van der Waals surface area contributed by atoms with Crippen LogP contribution in [0.3, 0.4) is 0 Å². The summed E-state index contributed by atoms with van der Waals surface area (Å²) >= 11 is 0. The van der Waals surface area contributed by atoms with Crippen molar-refractivity contribution in [1.82, 2.24) is 0 Å². The highest BCUT2D eigenvalue weighted by molar-refractivity contribution is 5.29. The van der Waals surface area contributed by atoms with Crippen LogP contribution in [-0.2, 0) is 12.0 Å². The molecule has 0 heterocycles. The molecule has 1 saturated carbocycles. The molecule has 2 rings (SSSR count). The Morgan fingerprint density at radius 1 is 1.25 bits per heavy atom. The third kappa shape index (κ3) is 3.35. The van der Waals surface area contributed by atoms with E-state index in [-0.39, 0.29) is 12.8 Å². The van der Waals surface area contributed by atoms with Crippen LogP contribution in [0.4, 0.5) is 13.2 Å². The summed E-state index contributed by atoms with van der Waals surface area (Å²) in [4.78, 5) is 0. The quantitative estimate of drug-likeness (QED) is 0.866. The van der Waals surface area contributed by atoms with Crippen molar-refractivity contribution < 1.29 is 13.2 Å². The molecule has 1 aliphatic rings. The highest BCUT2D eigenvalue weighted by Crippen LogP contribution is 2.44. The molecule has 1 fully saturated rings. The van der Waals surface area contributed by atoms with E-state index < -0.39 is 17.6 Å². The fraction of sp³-hybridized carbons (Fsp3) is 0.625. The van der Waals surface area contributed by atoms with Gasteiger partial charge in [0.15, 0.2) is 0 Å². The van der Waals surface area contributed by atoms with Crippen LogP contribution in [-0.4, -0.2) is 6.18 Å². The van der Waals surface area contributed by atoms with E-state index in [1.54, 1.807) is 0 Å². The SMILES string of the molecule is CCCc1ccc(C2(N)CCCC(C(F)(F)F)C2)cc1. The third-order valence-electron chi connectivity index (χ3n) is 4.32. The Labute approximate surface area is 118 Å². The largest absolute Gasteiger partial charge is 0.391 e. The minimum atomic E-state index is -4.13. The molecule has 2 atom stereocenters. The van der Waals surface area contributed by atoms with E-state index in [0.29, 0.717) is 12.8 Å². The van der Waals surface area contributed by atoms with E-state index in [9.17, 15) is 13.2 Å². The van der Waals surface area contributed by atoms with Crippen LogP contribution in [0.15, 0.2) is 24.3 Å². The van der Waals surface area contributed by atoms with Crippen molar-refractivity contribution in [2.75, 3.05) is 0 Å². The van der Waals surface area contributed by atoms with Crippen molar-refractivity contribution in [2.45, 2.75) is 57.2 Å². The molecule has 1 aliphatic carbocycles. The molecule has 1 aromatic rings. The Morgan fingerprint density at radius 3 is 2.45 bits per heavy atom. The summed E-state index contributed by atoms with van der Waals surface area (Å²) in [5.74, 6) is -1.27. The average Bonchev–Trinajstić information content (AvgIpc) is 2.39. The van der Waals surface area contributed by atoms with E-state index in [1.807, 2.05) is 24.3 Å². The molecule has 0 bridgehead atoms. The van der Waals surface area contributed by atoms with Gasteiger partial charge in [-0.05, 0) is 36.8 Å². The fourth-order valence-electron chi connectivity index (χ4n) is 3.14. The normalized spacial score (nSPS) is 27.6. The molecule has 0 amide bonds. The van der Waals surface area contributed by atoms with E-state index >= 15 is 0 Å². The van der Waals surface area contributed by atoms with E-state index in [0.717, 1.165) is 18.4 Å². The van der Waals surface area contributed by atoms with Crippen LogP contribution in [0.5, 0.6) is 0 Å². The van der Waals surface area contributed by atoms with Crippen LogP contribution in [0.25, 0.3) is 0 Å². The first kappa shape index (κ1) is 15.4. The summed E-state index contributed by atoms with van der Waals surface area (Å²) in [6, 6.07) is 7.79. The van der Waals surface area contributed by atoms with Crippen LogP contribution in [0.1, 0.15) is 50.2 Å². The maximum absolute atomic E-state index is 12.9. The Hall–Kier alpha value is -1.03. The first-order valence-corrected chi connectivity index (χ1v) is 7.30. The monoisotopic (exact) mass is 285 g/mol. The molecule has 0 spiro atoms. The van der Waals surface area contributed by atoms with Crippen molar-refractivity contribution in [3.05, 3.63) is 35.4 Å². The van der Waals surface area contributed by atoms with Gasteiger partial charge in [0, 0.05) is 5.54 Å². The first-order chi connectivity index (χ1) is 9.35. The number of nitrogens with two attached hydrogens (primary N) is 1. The Balaban J connectivity index is 2.17. The maximum Gasteiger partial charge on any atom is 0.391 e. The zero-order valence-corrected chi connectivity index (χ0v) is 11.8. The van der Waals surface area contributed by atoms with E-state index in [2.05, 4.69) is 6.92 Å². The zero-order valence-electron chi connectivity index (χ0n) is 11.8. The van der Waals surface area contributed by atoms with Crippen molar-refractivity contribution in [3.63, 3.8) is 0 Å². The summed E-state index contributed by atoms with van der Waals surface area (Å²) in [6.07, 6.45) is -0.705. The molecule has 0 aromatic heterocycles. The second kappa shape index (κ2) is 5.76. The summed E-state index contributed by atoms with van der Waals surface area (Å²) in [5.41, 5.74) is 7.51. The lowest BCUT2D eigenvalue weighted by Gasteiger charge is -2.39. The summed E-state index contributed by atoms with van der Waals surface area (Å²) in [5, 5.41) is 0. The molecule has 0 radical (unpaired) electrons. The van der Waals surface area contributed by atoms with E-state index in [1.165, 1.54) is 5.56 Å². The van der Waals surface area contributed by atoms with Gasteiger partial charge in [-0.2, -0.15) is 13.2 Å². The number of benzene rings is 1. The molecule has 112 valence electrons. The first-order valence-electron chi connectivity index (χ1n) is 7.30. The van der Waals surface area contributed by atoms with Gasteiger partial charge in [-0.1, -0.05) is 44.0 Å². The Morgan fingerprint density at radius 2 is 1.90 bits per heavy atom. The smallest absolute Gasteiger partial charge is 0.321 e. The molecular weight excluding hydrogens is 263 g/mol. The summed E-state index contributed by atoms with van der Waals surface area (Å²) in [6.45, 7) is 2.10. The number of rotatable bonds is 3. The van der Waals surface area contributed by atoms with Crippen molar-refractivity contribution >= 4 is 0 Å².